The maximum atomic E-state index is 10.0. The number of hydrogen-bond donors (Lipinski definition) is 0. The highest BCUT2D eigenvalue weighted by Crippen LogP contribution is 1.89. The van der Waals surface area contributed by atoms with E-state index in [4.69, 9.17) is 0 Å². The Morgan fingerprint density at radius 1 is 1.56 bits per heavy atom. The summed E-state index contributed by atoms with van der Waals surface area (Å²) in [6, 6.07) is 3.57. The van der Waals surface area contributed by atoms with Gasteiger partial charge in [0, 0.05) is 12.6 Å². The van der Waals surface area contributed by atoms with E-state index in [0.29, 0.717) is 6.42 Å². The van der Waals surface area contributed by atoms with Crippen LogP contribution in [-0.4, -0.2) is 16.8 Å². The van der Waals surface area contributed by atoms with Crippen molar-refractivity contribution in [2.75, 3.05) is 6.61 Å². The minimum absolute atomic E-state index is 0.112. The highest BCUT2D eigenvalue weighted by molar-refractivity contribution is 4.98. The molecule has 0 aliphatic heterocycles. The summed E-state index contributed by atoms with van der Waals surface area (Å²) < 4.78 is 0. The van der Waals surface area contributed by atoms with Gasteiger partial charge in [0.1, 0.15) is 0 Å². The van der Waals surface area contributed by atoms with Crippen molar-refractivity contribution in [3.05, 3.63) is 24.0 Å². The van der Waals surface area contributed by atoms with Gasteiger partial charge >= 0.3 is 0 Å². The molecular weight excluding hydrogens is 116 g/mol. The van der Waals surface area contributed by atoms with Crippen molar-refractivity contribution < 1.29 is 5.11 Å². The smallest absolute Gasteiger partial charge is 0.0878 e. The first kappa shape index (κ1) is 6.16. The summed E-state index contributed by atoms with van der Waals surface area (Å²) in [6.07, 6.45) is 2.07. The molecule has 9 heavy (non-hydrogen) atoms. The van der Waals surface area contributed by atoms with Crippen molar-refractivity contribution >= 4 is 0 Å². The first-order chi connectivity index (χ1) is 4.43. The predicted octanol–water partition coefficient (Wildman–Crippen LogP) is 0.450. The van der Waals surface area contributed by atoms with Crippen LogP contribution in [0.4, 0.5) is 0 Å². The van der Waals surface area contributed by atoms with E-state index in [-0.39, 0.29) is 6.61 Å². The molecule has 0 amide bonds. The minimum Gasteiger partial charge on any atom is -0.236 e. The lowest BCUT2D eigenvalue weighted by atomic mass is 10.3. The molecule has 3 nitrogen and oxygen atoms in total. The Hall–Kier alpha value is -0.960. The third-order valence-corrected chi connectivity index (χ3v) is 0.986. The molecule has 1 radical (unpaired) electrons. The summed E-state index contributed by atoms with van der Waals surface area (Å²) in [7, 11) is 0. The van der Waals surface area contributed by atoms with E-state index < -0.39 is 0 Å². The van der Waals surface area contributed by atoms with Gasteiger partial charge < -0.3 is 0 Å². The lowest BCUT2D eigenvalue weighted by Gasteiger charge is -1.89. The second kappa shape index (κ2) is 3.14. The zero-order valence-electron chi connectivity index (χ0n) is 4.95. The molecule has 3 heteroatoms. The fourth-order valence-corrected chi connectivity index (χ4v) is 0.571. The van der Waals surface area contributed by atoms with Crippen LogP contribution in [0.1, 0.15) is 5.69 Å². The third kappa shape index (κ3) is 1.77. The highest BCUT2D eigenvalue weighted by atomic mass is 16.3. The summed E-state index contributed by atoms with van der Waals surface area (Å²) in [5.41, 5.74) is 0.771. The quantitative estimate of drug-likeness (QED) is 0.573. The molecule has 0 saturated heterocycles. The molecular formula is C6H7N2O. The van der Waals surface area contributed by atoms with Gasteiger partial charge in [-0.1, -0.05) is 0 Å². The Balaban J connectivity index is 2.61. The summed E-state index contributed by atoms with van der Waals surface area (Å²) in [4.78, 5) is 0. The second-order valence-corrected chi connectivity index (χ2v) is 1.67. The molecule has 1 rings (SSSR count). The summed E-state index contributed by atoms with van der Waals surface area (Å²) in [6.45, 7) is -0.112. The Kier molecular flexibility index (Phi) is 2.15. The van der Waals surface area contributed by atoms with Crippen LogP contribution < -0.4 is 0 Å². The number of nitrogens with zero attached hydrogens (tertiary/aromatic N) is 2. The van der Waals surface area contributed by atoms with Crippen LogP contribution in [0.25, 0.3) is 0 Å². The number of aromatic nitrogens is 2. The Morgan fingerprint density at radius 3 is 3.00 bits per heavy atom. The standard InChI is InChI=1S/C6H7N2O/c9-5-3-6-2-1-4-7-8-6/h1-2,4H,3,5H2. The van der Waals surface area contributed by atoms with Gasteiger partial charge in [-0.3, -0.25) is 0 Å². The Morgan fingerprint density at radius 2 is 2.44 bits per heavy atom. The number of rotatable bonds is 2. The zero-order chi connectivity index (χ0) is 6.53. The Labute approximate surface area is 53.4 Å². The van der Waals surface area contributed by atoms with Crippen molar-refractivity contribution in [2.24, 2.45) is 0 Å². The molecule has 1 heterocycles. The molecule has 0 spiro atoms. The van der Waals surface area contributed by atoms with Gasteiger partial charge in [-0.05, 0) is 12.1 Å². The molecule has 1 aromatic heterocycles. The van der Waals surface area contributed by atoms with Crippen LogP contribution in [-0.2, 0) is 11.5 Å². The molecule has 0 saturated carbocycles. The highest BCUT2D eigenvalue weighted by Gasteiger charge is 1.89. The van der Waals surface area contributed by atoms with Crippen molar-refractivity contribution in [3.63, 3.8) is 0 Å². The van der Waals surface area contributed by atoms with Crippen LogP contribution in [0.5, 0.6) is 0 Å². The van der Waals surface area contributed by atoms with Gasteiger partial charge in [0.25, 0.3) is 0 Å². The first-order valence-corrected chi connectivity index (χ1v) is 2.78. The average molecular weight is 123 g/mol. The van der Waals surface area contributed by atoms with Gasteiger partial charge in [0.2, 0.25) is 0 Å². The van der Waals surface area contributed by atoms with E-state index >= 15 is 0 Å². The van der Waals surface area contributed by atoms with Crippen LogP contribution in [0.15, 0.2) is 18.3 Å². The molecule has 0 bridgehead atoms. The Bertz CT molecular complexity index is 164. The van der Waals surface area contributed by atoms with E-state index in [1.165, 1.54) is 0 Å². The van der Waals surface area contributed by atoms with E-state index in [2.05, 4.69) is 10.2 Å². The summed E-state index contributed by atoms with van der Waals surface area (Å²) in [5, 5.41) is 17.4. The van der Waals surface area contributed by atoms with Gasteiger partial charge in [0.05, 0.1) is 12.3 Å². The number of hydrogen-bond acceptors (Lipinski definition) is 2. The molecule has 0 aromatic carbocycles. The molecule has 0 atom stereocenters. The van der Waals surface area contributed by atoms with Gasteiger partial charge in [-0.25, -0.2) is 5.11 Å². The minimum atomic E-state index is -0.112. The maximum Gasteiger partial charge on any atom is 0.0878 e. The van der Waals surface area contributed by atoms with E-state index in [0.717, 1.165) is 5.69 Å². The van der Waals surface area contributed by atoms with Gasteiger partial charge in [0.15, 0.2) is 0 Å². The van der Waals surface area contributed by atoms with E-state index in [1.54, 1.807) is 18.3 Å². The van der Waals surface area contributed by atoms with Gasteiger partial charge in [-0.15, -0.1) is 0 Å². The summed E-state index contributed by atoms with van der Waals surface area (Å²) >= 11 is 0. The fraction of sp³-hybridized carbons (Fsp3) is 0.333. The third-order valence-electron chi connectivity index (χ3n) is 0.986. The zero-order valence-corrected chi connectivity index (χ0v) is 4.95. The molecule has 0 N–H and O–H groups in total. The normalized spacial score (nSPS) is 9.44. The van der Waals surface area contributed by atoms with Gasteiger partial charge in [-0.2, -0.15) is 10.2 Å². The maximum absolute atomic E-state index is 10.0. The van der Waals surface area contributed by atoms with Crippen LogP contribution in [0, 0.1) is 0 Å². The van der Waals surface area contributed by atoms with Crippen molar-refractivity contribution in [1.82, 2.24) is 10.2 Å². The first-order valence-electron chi connectivity index (χ1n) is 2.78. The molecule has 47 valence electrons. The van der Waals surface area contributed by atoms with E-state index in [1.807, 2.05) is 0 Å². The average Bonchev–Trinajstić information content (AvgIpc) is 1.91. The molecule has 1 aromatic rings. The molecule has 0 aliphatic rings. The molecule has 0 unspecified atom stereocenters. The van der Waals surface area contributed by atoms with Crippen LogP contribution in [0.2, 0.25) is 0 Å². The SMILES string of the molecule is [O]CCc1cccnn1. The van der Waals surface area contributed by atoms with Crippen LogP contribution >= 0.6 is 0 Å². The van der Waals surface area contributed by atoms with Crippen molar-refractivity contribution in [1.29, 1.82) is 0 Å². The molecule has 0 fully saturated rings. The van der Waals surface area contributed by atoms with Crippen molar-refractivity contribution in [2.45, 2.75) is 6.42 Å². The monoisotopic (exact) mass is 123 g/mol. The lowest BCUT2D eigenvalue weighted by Crippen LogP contribution is -1.93. The second-order valence-electron chi connectivity index (χ2n) is 1.67. The van der Waals surface area contributed by atoms with E-state index in [9.17, 15) is 5.11 Å². The van der Waals surface area contributed by atoms with Crippen LogP contribution in [0.3, 0.4) is 0 Å². The fourth-order valence-electron chi connectivity index (χ4n) is 0.571. The predicted molar refractivity (Wildman–Crippen MR) is 31.3 cm³/mol. The molecule has 0 aliphatic carbocycles. The lowest BCUT2D eigenvalue weighted by molar-refractivity contribution is 0.196. The largest absolute Gasteiger partial charge is 0.236 e. The van der Waals surface area contributed by atoms with Crippen molar-refractivity contribution in [3.8, 4) is 0 Å². The summed E-state index contributed by atoms with van der Waals surface area (Å²) in [5.74, 6) is 0. The topological polar surface area (TPSA) is 45.7 Å².